The minimum atomic E-state index is -0.280. The standard InChI is InChI=1S/C22H23NO3S/c1-5-27-20-19(16-8-6-15(4)7-9-16)21(24)23(22(20)25)17-10-12-18(13-11-17)26-14(2)3/h6-14H,5H2,1-4H3. The molecule has 5 heteroatoms. The van der Waals surface area contributed by atoms with Crippen LogP contribution < -0.4 is 9.64 Å². The monoisotopic (exact) mass is 381 g/mol. The SMILES string of the molecule is CCSC1=C(c2ccc(C)cc2)C(=O)N(c2ccc(OC(C)C)cc2)C1=O. The lowest BCUT2D eigenvalue weighted by atomic mass is 10.0. The molecule has 2 aromatic rings. The van der Waals surface area contributed by atoms with Gasteiger partial charge in [0.2, 0.25) is 0 Å². The van der Waals surface area contributed by atoms with E-state index < -0.39 is 0 Å². The Kier molecular flexibility index (Phi) is 5.71. The molecule has 0 fully saturated rings. The molecule has 0 aliphatic carbocycles. The molecule has 0 N–H and O–H groups in total. The van der Waals surface area contributed by atoms with Crippen LogP contribution in [0.1, 0.15) is 31.9 Å². The Morgan fingerprint density at radius 1 is 0.963 bits per heavy atom. The third-order valence-electron chi connectivity index (χ3n) is 4.14. The largest absolute Gasteiger partial charge is 0.491 e. The number of imide groups is 1. The molecule has 0 atom stereocenters. The number of hydrogen-bond acceptors (Lipinski definition) is 4. The summed E-state index contributed by atoms with van der Waals surface area (Å²) in [6, 6.07) is 14.8. The number of ether oxygens (including phenoxy) is 1. The third-order valence-corrected chi connectivity index (χ3v) is 5.09. The zero-order valence-electron chi connectivity index (χ0n) is 16.0. The molecule has 1 aliphatic rings. The van der Waals surface area contributed by atoms with Crippen LogP contribution in [0.4, 0.5) is 5.69 Å². The Morgan fingerprint density at radius 3 is 2.15 bits per heavy atom. The van der Waals surface area contributed by atoms with E-state index in [1.165, 1.54) is 16.7 Å². The normalized spacial score (nSPS) is 14.5. The van der Waals surface area contributed by atoms with Crippen molar-refractivity contribution in [1.82, 2.24) is 0 Å². The number of carbonyl (C=O) groups excluding carboxylic acids is 2. The number of aryl methyl sites for hydroxylation is 1. The van der Waals surface area contributed by atoms with Crippen molar-refractivity contribution < 1.29 is 14.3 Å². The number of amides is 2. The maximum atomic E-state index is 13.2. The molecule has 140 valence electrons. The molecule has 27 heavy (non-hydrogen) atoms. The van der Waals surface area contributed by atoms with E-state index >= 15 is 0 Å². The van der Waals surface area contributed by atoms with Crippen molar-refractivity contribution in [2.45, 2.75) is 33.8 Å². The van der Waals surface area contributed by atoms with Crippen molar-refractivity contribution in [2.75, 3.05) is 10.7 Å². The minimum Gasteiger partial charge on any atom is -0.491 e. The minimum absolute atomic E-state index is 0.0632. The van der Waals surface area contributed by atoms with Crippen LogP contribution in [0.25, 0.3) is 5.57 Å². The number of anilines is 1. The number of carbonyl (C=O) groups is 2. The van der Waals surface area contributed by atoms with E-state index in [2.05, 4.69) is 0 Å². The fraction of sp³-hybridized carbons (Fsp3) is 0.273. The van der Waals surface area contributed by atoms with Crippen LogP contribution in [0.15, 0.2) is 53.4 Å². The van der Waals surface area contributed by atoms with Crippen LogP contribution in [0.3, 0.4) is 0 Å². The molecule has 0 bridgehead atoms. The average molecular weight is 381 g/mol. The number of rotatable bonds is 6. The molecule has 0 saturated carbocycles. The maximum absolute atomic E-state index is 13.2. The van der Waals surface area contributed by atoms with E-state index in [9.17, 15) is 9.59 Å². The second-order valence-corrected chi connectivity index (χ2v) is 7.88. The fourth-order valence-corrected chi connectivity index (χ4v) is 3.80. The van der Waals surface area contributed by atoms with Crippen molar-refractivity contribution >= 4 is 34.8 Å². The fourth-order valence-electron chi connectivity index (χ4n) is 2.94. The Balaban J connectivity index is 1.97. The first-order valence-electron chi connectivity index (χ1n) is 9.02. The van der Waals surface area contributed by atoms with Gasteiger partial charge in [-0.1, -0.05) is 36.8 Å². The Hall–Kier alpha value is -2.53. The van der Waals surface area contributed by atoms with E-state index in [0.29, 0.717) is 21.9 Å². The highest BCUT2D eigenvalue weighted by Crippen LogP contribution is 2.38. The van der Waals surface area contributed by atoms with Gasteiger partial charge in [-0.2, -0.15) is 0 Å². The summed E-state index contributed by atoms with van der Waals surface area (Å²) in [5, 5.41) is 0. The molecule has 1 heterocycles. The van der Waals surface area contributed by atoms with Gasteiger partial charge in [0.15, 0.2) is 0 Å². The number of benzene rings is 2. The number of thioether (sulfide) groups is 1. The molecule has 0 aromatic heterocycles. The van der Waals surface area contributed by atoms with E-state index in [0.717, 1.165) is 16.9 Å². The van der Waals surface area contributed by atoms with Crippen LogP contribution in [-0.2, 0) is 9.59 Å². The maximum Gasteiger partial charge on any atom is 0.272 e. The van der Waals surface area contributed by atoms with Gasteiger partial charge in [0.1, 0.15) is 5.75 Å². The number of hydrogen-bond donors (Lipinski definition) is 0. The van der Waals surface area contributed by atoms with E-state index in [-0.39, 0.29) is 17.9 Å². The highest BCUT2D eigenvalue weighted by atomic mass is 32.2. The Morgan fingerprint density at radius 2 is 1.59 bits per heavy atom. The van der Waals surface area contributed by atoms with Crippen molar-refractivity contribution in [1.29, 1.82) is 0 Å². The molecule has 0 radical (unpaired) electrons. The molecule has 0 saturated heterocycles. The predicted octanol–water partition coefficient (Wildman–Crippen LogP) is 4.82. The first-order valence-corrected chi connectivity index (χ1v) is 10.0. The molecular formula is C22H23NO3S. The summed E-state index contributed by atoms with van der Waals surface area (Å²) >= 11 is 1.41. The van der Waals surface area contributed by atoms with Gasteiger partial charge < -0.3 is 4.74 Å². The van der Waals surface area contributed by atoms with Gasteiger partial charge in [0.25, 0.3) is 11.8 Å². The van der Waals surface area contributed by atoms with Gasteiger partial charge in [-0.3, -0.25) is 9.59 Å². The number of nitrogens with zero attached hydrogens (tertiary/aromatic N) is 1. The van der Waals surface area contributed by atoms with Gasteiger partial charge in [-0.15, -0.1) is 11.8 Å². The molecule has 3 rings (SSSR count). The van der Waals surface area contributed by atoms with Crippen LogP contribution in [0.5, 0.6) is 5.75 Å². The molecule has 1 aliphatic heterocycles. The zero-order chi connectivity index (χ0) is 19.6. The molecule has 4 nitrogen and oxygen atoms in total. The second-order valence-electron chi connectivity index (χ2n) is 6.61. The van der Waals surface area contributed by atoms with Crippen LogP contribution in [0, 0.1) is 6.92 Å². The molecule has 0 spiro atoms. The van der Waals surface area contributed by atoms with E-state index in [4.69, 9.17) is 4.74 Å². The van der Waals surface area contributed by atoms with Crippen LogP contribution in [0.2, 0.25) is 0 Å². The lowest BCUT2D eigenvalue weighted by Gasteiger charge is -2.16. The lowest BCUT2D eigenvalue weighted by molar-refractivity contribution is -0.119. The van der Waals surface area contributed by atoms with Crippen LogP contribution >= 0.6 is 11.8 Å². The third kappa shape index (κ3) is 3.93. The first kappa shape index (κ1) is 19.2. The average Bonchev–Trinajstić information content (AvgIpc) is 2.87. The summed E-state index contributed by atoms with van der Waals surface area (Å²) < 4.78 is 5.64. The highest BCUT2D eigenvalue weighted by molar-refractivity contribution is 8.04. The summed E-state index contributed by atoms with van der Waals surface area (Å²) in [5.74, 6) is 0.888. The topological polar surface area (TPSA) is 46.6 Å². The Labute approximate surface area is 164 Å². The van der Waals surface area contributed by atoms with Gasteiger partial charge in [0.05, 0.1) is 22.3 Å². The molecule has 2 amide bonds. The summed E-state index contributed by atoms with van der Waals surface area (Å²) in [7, 11) is 0. The second kappa shape index (κ2) is 8.01. The molecule has 0 unspecified atom stereocenters. The van der Waals surface area contributed by atoms with Crippen molar-refractivity contribution in [2.24, 2.45) is 0 Å². The van der Waals surface area contributed by atoms with Gasteiger partial charge in [-0.25, -0.2) is 4.90 Å². The van der Waals surface area contributed by atoms with Crippen molar-refractivity contribution in [3.8, 4) is 5.75 Å². The van der Waals surface area contributed by atoms with Gasteiger partial charge >= 0.3 is 0 Å². The Bertz CT molecular complexity index is 883. The van der Waals surface area contributed by atoms with E-state index in [1.54, 1.807) is 24.3 Å². The quantitative estimate of drug-likeness (QED) is 0.673. The molecule has 2 aromatic carbocycles. The summed E-state index contributed by atoms with van der Waals surface area (Å²) in [6.45, 7) is 7.87. The predicted molar refractivity (Wildman–Crippen MR) is 111 cm³/mol. The summed E-state index contributed by atoms with van der Waals surface area (Å²) in [4.78, 5) is 27.9. The van der Waals surface area contributed by atoms with E-state index in [1.807, 2.05) is 52.0 Å². The lowest BCUT2D eigenvalue weighted by Crippen LogP contribution is -2.31. The summed E-state index contributed by atoms with van der Waals surface area (Å²) in [5.41, 5.74) is 2.92. The van der Waals surface area contributed by atoms with Crippen LogP contribution in [-0.4, -0.2) is 23.7 Å². The van der Waals surface area contributed by atoms with Gasteiger partial charge in [-0.05, 0) is 56.4 Å². The zero-order valence-corrected chi connectivity index (χ0v) is 16.8. The highest BCUT2D eigenvalue weighted by Gasteiger charge is 2.39. The smallest absolute Gasteiger partial charge is 0.272 e. The molecular weight excluding hydrogens is 358 g/mol. The first-order chi connectivity index (χ1) is 12.9. The van der Waals surface area contributed by atoms with Gasteiger partial charge in [0, 0.05) is 0 Å². The summed E-state index contributed by atoms with van der Waals surface area (Å²) in [6.07, 6.45) is 0.0632. The van der Waals surface area contributed by atoms with Crippen molar-refractivity contribution in [3.63, 3.8) is 0 Å². The van der Waals surface area contributed by atoms with Crippen molar-refractivity contribution in [3.05, 3.63) is 64.6 Å².